The molecule has 1 heterocycles. The summed E-state index contributed by atoms with van der Waals surface area (Å²) in [6.45, 7) is 7.70. The quantitative estimate of drug-likeness (QED) is 0.700. The molecule has 1 N–H and O–H groups in total. The van der Waals surface area contributed by atoms with Crippen LogP contribution in [0.5, 0.6) is 0 Å². The van der Waals surface area contributed by atoms with Gasteiger partial charge in [-0.2, -0.15) is 11.3 Å². The summed E-state index contributed by atoms with van der Waals surface area (Å²) in [7, 11) is 0. The van der Waals surface area contributed by atoms with E-state index in [1.54, 1.807) is 11.3 Å². The van der Waals surface area contributed by atoms with Gasteiger partial charge in [-0.3, -0.25) is 0 Å². The lowest BCUT2D eigenvalue weighted by molar-refractivity contribution is 0.399. The molecule has 114 valence electrons. The minimum absolute atomic E-state index is 0.163. The third kappa shape index (κ3) is 5.93. The lowest BCUT2D eigenvalue weighted by Crippen LogP contribution is -2.38. The standard InChI is InChI=1S/C18H24BrNS/c1-18(2,3)20-12-16(5-4-14-10-11-21-13-14)15-6-8-17(19)9-7-15/h6-11,13,16,20H,4-5,12H2,1-3H3. The van der Waals surface area contributed by atoms with Crippen LogP contribution in [-0.2, 0) is 6.42 Å². The molecule has 3 heteroatoms. The first-order chi connectivity index (χ1) is 9.94. The maximum Gasteiger partial charge on any atom is 0.0175 e. The second-order valence-electron chi connectivity index (χ2n) is 6.55. The average Bonchev–Trinajstić information content (AvgIpc) is 2.92. The molecule has 1 aromatic heterocycles. The van der Waals surface area contributed by atoms with Crippen molar-refractivity contribution in [2.75, 3.05) is 6.54 Å². The molecule has 1 atom stereocenters. The molecular weight excluding hydrogens is 342 g/mol. The molecule has 1 unspecified atom stereocenters. The molecule has 0 aliphatic heterocycles. The van der Waals surface area contributed by atoms with Crippen LogP contribution in [0.2, 0.25) is 0 Å². The molecule has 2 rings (SSSR count). The van der Waals surface area contributed by atoms with Crippen LogP contribution < -0.4 is 5.32 Å². The van der Waals surface area contributed by atoms with Crippen LogP contribution in [0.1, 0.15) is 44.2 Å². The number of hydrogen-bond donors (Lipinski definition) is 1. The van der Waals surface area contributed by atoms with Gasteiger partial charge in [-0.05, 0) is 79.6 Å². The Morgan fingerprint density at radius 3 is 2.43 bits per heavy atom. The first-order valence-electron chi connectivity index (χ1n) is 7.45. The van der Waals surface area contributed by atoms with Gasteiger partial charge in [0.05, 0.1) is 0 Å². The van der Waals surface area contributed by atoms with E-state index in [1.807, 2.05) is 0 Å². The van der Waals surface area contributed by atoms with Crippen molar-refractivity contribution in [2.45, 2.75) is 45.1 Å². The van der Waals surface area contributed by atoms with Gasteiger partial charge in [-0.1, -0.05) is 28.1 Å². The number of nitrogens with one attached hydrogen (secondary N) is 1. The van der Waals surface area contributed by atoms with Crippen molar-refractivity contribution in [1.82, 2.24) is 5.32 Å². The van der Waals surface area contributed by atoms with Gasteiger partial charge in [0.1, 0.15) is 0 Å². The zero-order valence-electron chi connectivity index (χ0n) is 13.0. The number of benzene rings is 1. The van der Waals surface area contributed by atoms with Crippen molar-refractivity contribution < 1.29 is 0 Å². The molecule has 0 bridgehead atoms. The summed E-state index contributed by atoms with van der Waals surface area (Å²) in [5.41, 5.74) is 3.04. The molecule has 0 aliphatic rings. The summed E-state index contributed by atoms with van der Waals surface area (Å²) in [4.78, 5) is 0. The monoisotopic (exact) mass is 365 g/mol. The zero-order valence-corrected chi connectivity index (χ0v) is 15.4. The highest BCUT2D eigenvalue weighted by atomic mass is 79.9. The fourth-order valence-corrected chi connectivity index (χ4v) is 3.29. The van der Waals surface area contributed by atoms with Crippen molar-refractivity contribution in [1.29, 1.82) is 0 Å². The Balaban J connectivity index is 2.03. The predicted molar refractivity (Wildman–Crippen MR) is 97.3 cm³/mol. The van der Waals surface area contributed by atoms with Gasteiger partial charge in [0.25, 0.3) is 0 Å². The van der Waals surface area contributed by atoms with Crippen LogP contribution in [0.3, 0.4) is 0 Å². The van der Waals surface area contributed by atoms with Crippen molar-refractivity contribution in [3.8, 4) is 0 Å². The van der Waals surface area contributed by atoms with Crippen molar-refractivity contribution in [3.63, 3.8) is 0 Å². The summed E-state index contributed by atoms with van der Waals surface area (Å²) >= 11 is 5.31. The van der Waals surface area contributed by atoms with E-state index >= 15 is 0 Å². The van der Waals surface area contributed by atoms with E-state index in [9.17, 15) is 0 Å². The fraction of sp³-hybridized carbons (Fsp3) is 0.444. The van der Waals surface area contributed by atoms with Crippen molar-refractivity contribution >= 4 is 27.3 Å². The highest BCUT2D eigenvalue weighted by molar-refractivity contribution is 9.10. The van der Waals surface area contributed by atoms with E-state index in [0.717, 1.165) is 17.4 Å². The Kier molecular flexibility index (Phi) is 6.03. The molecule has 0 fully saturated rings. The molecule has 1 nitrogen and oxygen atoms in total. The molecule has 0 spiro atoms. The van der Waals surface area contributed by atoms with Crippen LogP contribution in [0.25, 0.3) is 0 Å². The van der Waals surface area contributed by atoms with Crippen molar-refractivity contribution in [3.05, 3.63) is 56.7 Å². The summed E-state index contributed by atoms with van der Waals surface area (Å²) in [6, 6.07) is 11.0. The zero-order chi connectivity index (χ0) is 15.3. The van der Waals surface area contributed by atoms with Crippen LogP contribution in [0.15, 0.2) is 45.6 Å². The first-order valence-corrected chi connectivity index (χ1v) is 9.19. The van der Waals surface area contributed by atoms with E-state index in [4.69, 9.17) is 0 Å². The van der Waals surface area contributed by atoms with Gasteiger partial charge >= 0.3 is 0 Å². The number of halogens is 1. The van der Waals surface area contributed by atoms with Gasteiger partial charge in [0, 0.05) is 16.6 Å². The number of thiophene rings is 1. The Hall–Kier alpha value is -0.640. The minimum Gasteiger partial charge on any atom is -0.311 e. The van der Waals surface area contributed by atoms with Gasteiger partial charge < -0.3 is 5.32 Å². The third-order valence-corrected chi connectivity index (χ3v) is 4.84. The summed E-state index contributed by atoms with van der Waals surface area (Å²) < 4.78 is 1.15. The third-order valence-electron chi connectivity index (χ3n) is 3.58. The van der Waals surface area contributed by atoms with Crippen LogP contribution in [0.4, 0.5) is 0 Å². The highest BCUT2D eigenvalue weighted by Crippen LogP contribution is 2.24. The molecule has 0 radical (unpaired) electrons. The largest absolute Gasteiger partial charge is 0.311 e. The van der Waals surface area contributed by atoms with Gasteiger partial charge in [-0.25, -0.2) is 0 Å². The van der Waals surface area contributed by atoms with E-state index in [-0.39, 0.29) is 5.54 Å². The SMILES string of the molecule is CC(C)(C)NCC(CCc1ccsc1)c1ccc(Br)cc1. The Morgan fingerprint density at radius 2 is 1.86 bits per heavy atom. The topological polar surface area (TPSA) is 12.0 Å². The summed E-state index contributed by atoms with van der Waals surface area (Å²) in [5, 5.41) is 8.08. The molecule has 2 aromatic rings. The molecule has 0 amide bonds. The maximum atomic E-state index is 3.66. The highest BCUT2D eigenvalue weighted by Gasteiger charge is 2.16. The predicted octanol–water partition coefficient (Wildman–Crippen LogP) is 5.62. The molecule has 0 aliphatic carbocycles. The van der Waals surface area contributed by atoms with E-state index < -0.39 is 0 Å². The Labute approximate surface area is 140 Å². The maximum absolute atomic E-state index is 3.66. The lowest BCUT2D eigenvalue weighted by Gasteiger charge is -2.25. The molecule has 21 heavy (non-hydrogen) atoms. The molecular formula is C18H24BrNS. The van der Waals surface area contributed by atoms with E-state index in [1.165, 1.54) is 17.5 Å². The van der Waals surface area contributed by atoms with Gasteiger partial charge in [0.15, 0.2) is 0 Å². The number of hydrogen-bond acceptors (Lipinski definition) is 2. The van der Waals surface area contributed by atoms with Crippen LogP contribution in [-0.4, -0.2) is 12.1 Å². The second kappa shape index (κ2) is 7.57. The Morgan fingerprint density at radius 1 is 1.14 bits per heavy atom. The van der Waals surface area contributed by atoms with Gasteiger partial charge in [-0.15, -0.1) is 0 Å². The van der Waals surface area contributed by atoms with E-state index in [0.29, 0.717) is 5.92 Å². The summed E-state index contributed by atoms with van der Waals surface area (Å²) in [6.07, 6.45) is 2.33. The second-order valence-corrected chi connectivity index (χ2v) is 8.25. The lowest BCUT2D eigenvalue weighted by atomic mass is 9.92. The van der Waals surface area contributed by atoms with E-state index in [2.05, 4.69) is 83.1 Å². The summed E-state index contributed by atoms with van der Waals surface area (Å²) in [5.74, 6) is 0.553. The first kappa shape index (κ1) is 16.7. The van der Waals surface area contributed by atoms with Crippen LogP contribution >= 0.6 is 27.3 Å². The average molecular weight is 366 g/mol. The molecule has 0 saturated carbocycles. The minimum atomic E-state index is 0.163. The molecule has 1 aromatic carbocycles. The van der Waals surface area contributed by atoms with Crippen LogP contribution in [0, 0.1) is 0 Å². The fourth-order valence-electron chi connectivity index (χ4n) is 2.33. The van der Waals surface area contributed by atoms with Crippen molar-refractivity contribution in [2.24, 2.45) is 0 Å². The molecule has 0 saturated heterocycles. The normalized spacial score (nSPS) is 13.3. The Bertz CT molecular complexity index is 525. The number of aryl methyl sites for hydroxylation is 1. The smallest absolute Gasteiger partial charge is 0.0175 e. The van der Waals surface area contributed by atoms with Gasteiger partial charge in [0.2, 0.25) is 0 Å². The number of rotatable bonds is 6.